The Bertz CT molecular complexity index is 781. The molecule has 0 aliphatic heterocycles. The van der Waals surface area contributed by atoms with Gasteiger partial charge in [0.2, 0.25) is 0 Å². The Morgan fingerprint density at radius 3 is 2.64 bits per heavy atom. The van der Waals surface area contributed by atoms with E-state index in [-0.39, 0.29) is 5.91 Å². The molecule has 0 saturated heterocycles. The smallest absolute Gasteiger partial charge is 0.272 e. The van der Waals surface area contributed by atoms with Crippen molar-refractivity contribution in [1.82, 2.24) is 5.43 Å². The van der Waals surface area contributed by atoms with Gasteiger partial charge in [0.1, 0.15) is 0 Å². The Hall–Kier alpha value is -2.05. The van der Waals surface area contributed by atoms with Crippen LogP contribution in [-0.2, 0) is 0 Å². The number of halogens is 2. The van der Waals surface area contributed by atoms with Gasteiger partial charge in [0.05, 0.1) is 34.5 Å². The molecule has 0 spiro atoms. The summed E-state index contributed by atoms with van der Waals surface area (Å²) in [7, 11) is 0. The molecule has 0 bridgehead atoms. The largest absolute Gasteiger partial charge is 0.490 e. The summed E-state index contributed by atoms with van der Waals surface area (Å²) in [5, 5.41) is 4.35. The van der Waals surface area contributed by atoms with Gasteiger partial charge in [-0.1, -0.05) is 23.7 Å². The highest BCUT2D eigenvalue weighted by Gasteiger charge is 2.12. The Kier molecular flexibility index (Phi) is 7.28. The number of hydrazone groups is 1. The summed E-state index contributed by atoms with van der Waals surface area (Å²) in [6.45, 7) is 4.84. The van der Waals surface area contributed by atoms with Gasteiger partial charge in [-0.2, -0.15) is 5.10 Å². The van der Waals surface area contributed by atoms with E-state index in [9.17, 15) is 4.79 Å². The lowest BCUT2D eigenvalue weighted by atomic mass is 10.2. The monoisotopic (exact) mass is 424 g/mol. The molecule has 2 aromatic rings. The minimum atomic E-state index is -0.378. The molecule has 0 aliphatic rings. The van der Waals surface area contributed by atoms with Gasteiger partial charge in [-0.25, -0.2) is 5.43 Å². The number of carbonyl (C=O) groups excluding carboxylic acids is 1. The predicted octanol–water partition coefficient (Wildman–Crippen LogP) is 4.66. The van der Waals surface area contributed by atoms with Crippen molar-refractivity contribution in [1.29, 1.82) is 0 Å². The van der Waals surface area contributed by atoms with E-state index in [4.69, 9.17) is 21.1 Å². The Morgan fingerprint density at radius 2 is 1.96 bits per heavy atom. The van der Waals surface area contributed by atoms with Gasteiger partial charge in [-0.15, -0.1) is 0 Å². The molecule has 0 radical (unpaired) electrons. The van der Waals surface area contributed by atoms with Crippen LogP contribution < -0.4 is 14.9 Å². The third-order valence-corrected chi connectivity index (χ3v) is 4.04. The van der Waals surface area contributed by atoms with Crippen LogP contribution in [0.1, 0.15) is 29.8 Å². The van der Waals surface area contributed by atoms with Crippen molar-refractivity contribution in [3.05, 3.63) is 57.0 Å². The fourth-order valence-electron chi connectivity index (χ4n) is 2.08. The van der Waals surface area contributed by atoms with Crippen molar-refractivity contribution in [3.63, 3.8) is 0 Å². The molecule has 2 rings (SSSR count). The third kappa shape index (κ3) is 5.21. The first-order valence-corrected chi connectivity index (χ1v) is 8.91. The van der Waals surface area contributed by atoms with Crippen LogP contribution in [0.4, 0.5) is 0 Å². The number of nitrogens with zero attached hydrogens (tertiary/aromatic N) is 1. The number of hydrogen-bond acceptors (Lipinski definition) is 4. The van der Waals surface area contributed by atoms with E-state index in [2.05, 4.69) is 26.5 Å². The average molecular weight is 426 g/mol. The van der Waals surface area contributed by atoms with Crippen LogP contribution in [0.15, 0.2) is 46.0 Å². The van der Waals surface area contributed by atoms with Crippen LogP contribution >= 0.6 is 27.5 Å². The molecule has 0 fully saturated rings. The number of nitrogens with one attached hydrogen (secondary N) is 1. The molecule has 0 aliphatic carbocycles. The molecule has 0 saturated carbocycles. The maximum atomic E-state index is 12.1. The highest BCUT2D eigenvalue weighted by molar-refractivity contribution is 9.10. The highest BCUT2D eigenvalue weighted by Crippen LogP contribution is 2.36. The Morgan fingerprint density at radius 1 is 1.24 bits per heavy atom. The number of carbonyl (C=O) groups is 1. The Balaban J connectivity index is 2.15. The van der Waals surface area contributed by atoms with Gasteiger partial charge in [-0.05, 0) is 59.6 Å². The topological polar surface area (TPSA) is 59.9 Å². The van der Waals surface area contributed by atoms with Gasteiger partial charge < -0.3 is 9.47 Å². The zero-order valence-electron chi connectivity index (χ0n) is 13.9. The number of amides is 1. The van der Waals surface area contributed by atoms with E-state index in [0.717, 1.165) is 10.0 Å². The molecule has 1 N–H and O–H groups in total. The van der Waals surface area contributed by atoms with Crippen LogP contribution in [0, 0.1) is 0 Å². The number of rotatable bonds is 7. The van der Waals surface area contributed by atoms with Crippen molar-refractivity contribution < 1.29 is 14.3 Å². The van der Waals surface area contributed by atoms with Gasteiger partial charge in [0.15, 0.2) is 11.5 Å². The predicted molar refractivity (Wildman–Crippen MR) is 103 cm³/mol. The molecule has 0 unspecified atom stereocenters. The number of ether oxygens (including phenoxy) is 2. The minimum Gasteiger partial charge on any atom is -0.490 e. The maximum Gasteiger partial charge on any atom is 0.272 e. The van der Waals surface area contributed by atoms with Gasteiger partial charge in [0, 0.05) is 0 Å². The van der Waals surface area contributed by atoms with E-state index in [1.54, 1.807) is 30.3 Å². The summed E-state index contributed by atoms with van der Waals surface area (Å²) in [5.74, 6) is 0.871. The van der Waals surface area contributed by atoms with E-state index in [1.165, 1.54) is 6.21 Å². The zero-order chi connectivity index (χ0) is 18.2. The van der Waals surface area contributed by atoms with Gasteiger partial charge >= 0.3 is 0 Å². The van der Waals surface area contributed by atoms with Crippen LogP contribution in [-0.4, -0.2) is 25.3 Å². The van der Waals surface area contributed by atoms with E-state index in [1.807, 2.05) is 19.9 Å². The fourth-order valence-corrected chi connectivity index (χ4v) is 2.88. The summed E-state index contributed by atoms with van der Waals surface area (Å²) in [5.41, 5.74) is 3.57. The van der Waals surface area contributed by atoms with Crippen molar-refractivity contribution in [2.45, 2.75) is 13.8 Å². The molecular formula is C18H18BrClN2O3. The van der Waals surface area contributed by atoms with Crippen LogP contribution in [0.3, 0.4) is 0 Å². The van der Waals surface area contributed by atoms with Crippen LogP contribution in [0.25, 0.3) is 0 Å². The molecule has 5 nitrogen and oxygen atoms in total. The van der Waals surface area contributed by atoms with Crippen LogP contribution in [0.5, 0.6) is 11.5 Å². The first kappa shape index (κ1) is 19.3. The zero-order valence-corrected chi connectivity index (χ0v) is 16.2. The molecule has 132 valence electrons. The first-order valence-electron chi connectivity index (χ1n) is 7.73. The first-order chi connectivity index (χ1) is 12.1. The molecule has 1 amide bonds. The maximum absolute atomic E-state index is 12.1. The van der Waals surface area contributed by atoms with Crippen molar-refractivity contribution in [3.8, 4) is 11.5 Å². The molecule has 0 atom stereocenters. The summed E-state index contributed by atoms with van der Waals surface area (Å²) in [6.07, 6.45) is 1.53. The second-order valence-electron chi connectivity index (χ2n) is 4.87. The van der Waals surface area contributed by atoms with Crippen molar-refractivity contribution in [2.24, 2.45) is 5.10 Å². The number of hydrogen-bond donors (Lipinski definition) is 1. The quantitative estimate of drug-likeness (QED) is 0.518. The SMILES string of the molecule is CCOc1cc(/C=N\NC(=O)c2ccccc2Cl)cc(Br)c1OCC. The fraction of sp³-hybridized carbons (Fsp3) is 0.222. The summed E-state index contributed by atoms with van der Waals surface area (Å²) >= 11 is 9.45. The van der Waals surface area contributed by atoms with Crippen LogP contribution in [0.2, 0.25) is 5.02 Å². The summed E-state index contributed by atoms with van der Waals surface area (Å²) in [6, 6.07) is 10.4. The normalized spacial score (nSPS) is 10.7. The molecule has 0 aromatic heterocycles. The second-order valence-corrected chi connectivity index (χ2v) is 6.14. The molecule has 25 heavy (non-hydrogen) atoms. The lowest BCUT2D eigenvalue weighted by Gasteiger charge is -2.13. The summed E-state index contributed by atoms with van der Waals surface area (Å²) in [4.78, 5) is 12.1. The molecule has 7 heteroatoms. The molecule has 0 heterocycles. The van der Waals surface area contributed by atoms with E-state index < -0.39 is 0 Å². The lowest BCUT2D eigenvalue weighted by molar-refractivity contribution is 0.0955. The third-order valence-electron chi connectivity index (χ3n) is 3.12. The van der Waals surface area contributed by atoms with E-state index in [0.29, 0.717) is 35.3 Å². The van der Waals surface area contributed by atoms with Crippen molar-refractivity contribution in [2.75, 3.05) is 13.2 Å². The second kappa shape index (κ2) is 9.44. The average Bonchev–Trinajstić information content (AvgIpc) is 2.58. The minimum absolute atomic E-state index is 0.365. The highest BCUT2D eigenvalue weighted by atomic mass is 79.9. The van der Waals surface area contributed by atoms with Crippen molar-refractivity contribution >= 4 is 39.7 Å². The molecule has 2 aromatic carbocycles. The summed E-state index contributed by atoms with van der Waals surface area (Å²) < 4.78 is 11.9. The van der Waals surface area contributed by atoms with E-state index >= 15 is 0 Å². The van der Waals surface area contributed by atoms with Gasteiger partial charge in [0.25, 0.3) is 5.91 Å². The standard InChI is InChI=1S/C18H18BrClN2O3/c1-3-24-16-10-12(9-14(19)17(16)25-4-2)11-21-22-18(23)13-7-5-6-8-15(13)20/h5-11H,3-4H2,1-2H3,(H,22,23)/b21-11-. The molecular weight excluding hydrogens is 408 g/mol. The Labute approximate surface area is 160 Å². The van der Waals surface area contributed by atoms with Gasteiger partial charge in [-0.3, -0.25) is 4.79 Å². The lowest BCUT2D eigenvalue weighted by Crippen LogP contribution is -2.17. The number of benzene rings is 2.